The summed E-state index contributed by atoms with van der Waals surface area (Å²) in [7, 11) is 0. The van der Waals surface area contributed by atoms with Crippen molar-refractivity contribution < 1.29 is 14.3 Å². The van der Waals surface area contributed by atoms with Crippen LogP contribution in [0.1, 0.15) is 87.6 Å². The molecule has 3 heterocycles. The van der Waals surface area contributed by atoms with Gasteiger partial charge in [0.1, 0.15) is 12.0 Å². The van der Waals surface area contributed by atoms with E-state index in [0.717, 1.165) is 56.6 Å². The van der Waals surface area contributed by atoms with Crippen LogP contribution in [0.5, 0.6) is 0 Å². The number of carbonyl (C=O) groups is 2. The first-order chi connectivity index (χ1) is 14.7. The highest BCUT2D eigenvalue weighted by Crippen LogP contribution is 2.31. The smallest absolute Gasteiger partial charge is 0.273 e. The van der Waals surface area contributed by atoms with Gasteiger partial charge in [-0.1, -0.05) is 40.5 Å². The highest BCUT2D eigenvalue weighted by atomic mass is 32.1. The van der Waals surface area contributed by atoms with Crippen LogP contribution in [-0.2, 0) is 9.53 Å². The van der Waals surface area contributed by atoms with E-state index >= 15 is 0 Å². The largest absolute Gasteiger partial charge is 0.371 e. The van der Waals surface area contributed by atoms with Crippen molar-refractivity contribution in [2.45, 2.75) is 77.7 Å². The Morgan fingerprint density at radius 2 is 2.00 bits per heavy atom. The second-order valence-corrected chi connectivity index (χ2v) is 11.1. The van der Waals surface area contributed by atoms with Gasteiger partial charge in [-0.15, -0.1) is 11.3 Å². The Balaban J connectivity index is 1.43. The molecule has 2 aliphatic rings. The van der Waals surface area contributed by atoms with E-state index in [9.17, 15) is 9.59 Å². The van der Waals surface area contributed by atoms with Gasteiger partial charge in [0.25, 0.3) is 5.91 Å². The summed E-state index contributed by atoms with van der Waals surface area (Å²) in [6.07, 6.45) is 7.45. The molecule has 1 aromatic heterocycles. The number of hydrogen-bond acceptors (Lipinski definition) is 6. The zero-order valence-corrected chi connectivity index (χ0v) is 20.5. The Hall–Kier alpha value is -1.31. The lowest BCUT2D eigenvalue weighted by Crippen LogP contribution is -2.58. The molecule has 0 aliphatic carbocycles. The first kappa shape index (κ1) is 24.3. The number of carbonyl (C=O) groups excluding carboxylic acids is 2. The minimum Gasteiger partial charge on any atom is -0.371 e. The fourth-order valence-electron chi connectivity index (χ4n) is 4.47. The maximum absolute atomic E-state index is 13.0. The lowest BCUT2D eigenvalue weighted by Gasteiger charge is -2.47. The van der Waals surface area contributed by atoms with Crippen molar-refractivity contribution in [1.29, 1.82) is 0 Å². The first-order valence-corrected chi connectivity index (χ1v) is 12.7. The number of hydrogen-bond donors (Lipinski definition) is 0. The molecule has 0 bridgehead atoms. The Kier molecular flexibility index (Phi) is 8.27. The number of rotatable bonds is 9. The molecule has 2 fully saturated rings. The minimum atomic E-state index is -0.199. The van der Waals surface area contributed by atoms with Crippen LogP contribution in [0.4, 0.5) is 0 Å². The van der Waals surface area contributed by atoms with Crippen LogP contribution in [0.3, 0.4) is 0 Å². The minimum absolute atomic E-state index is 0.0477. The van der Waals surface area contributed by atoms with E-state index in [1.807, 2.05) is 24.1 Å². The lowest BCUT2D eigenvalue weighted by atomic mass is 9.88. The number of piperidine rings is 1. The van der Waals surface area contributed by atoms with Crippen LogP contribution in [0, 0.1) is 5.41 Å². The maximum Gasteiger partial charge on any atom is 0.273 e. The van der Waals surface area contributed by atoms with Gasteiger partial charge in [0, 0.05) is 36.3 Å². The van der Waals surface area contributed by atoms with Crippen molar-refractivity contribution in [3.63, 3.8) is 0 Å². The fraction of sp³-hybridized carbons (Fsp3) is 0.792. The summed E-state index contributed by atoms with van der Waals surface area (Å²) in [5.41, 5.74) is 0.199. The van der Waals surface area contributed by atoms with Crippen LogP contribution >= 0.6 is 11.3 Å². The molecule has 1 amide bonds. The van der Waals surface area contributed by atoms with Crippen molar-refractivity contribution in [2.24, 2.45) is 5.41 Å². The third-order valence-electron chi connectivity index (χ3n) is 6.65. The van der Waals surface area contributed by atoms with Crippen LogP contribution < -0.4 is 0 Å². The van der Waals surface area contributed by atoms with E-state index < -0.39 is 0 Å². The van der Waals surface area contributed by atoms with Gasteiger partial charge < -0.3 is 19.3 Å². The van der Waals surface area contributed by atoms with Crippen LogP contribution in [-0.4, -0.2) is 71.9 Å². The summed E-state index contributed by atoms with van der Waals surface area (Å²) in [5.74, 6) is 0.398. The third kappa shape index (κ3) is 6.59. The van der Waals surface area contributed by atoms with Crippen molar-refractivity contribution >= 4 is 23.5 Å². The normalized spacial score (nSPS) is 19.8. The van der Waals surface area contributed by atoms with Gasteiger partial charge in [-0.3, -0.25) is 4.79 Å². The van der Waals surface area contributed by atoms with Crippen LogP contribution in [0.25, 0.3) is 0 Å². The topological polar surface area (TPSA) is 62.7 Å². The summed E-state index contributed by atoms with van der Waals surface area (Å²) >= 11 is 1.58. The second-order valence-electron chi connectivity index (χ2n) is 10.2. The molecule has 174 valence electrons. The average molecular weight is 450 g/mol. The Bertz CT molecular complexity index is 738. The molecule has 3 rings (SSSR count). The standard InChI is InChI=1S/C24H39N3O3S/c1-19(2)21-25-20(16-31-21)22(29)27-14-15-30-24(17-27)9-12-26(13-10-24)11-7-5-6-8-23(3,4)18-28/h16,18-19H,5-15,17H2,1-4H3. The van der Waals surface area contributed by atoms with E-state index in [2.05, 4.69) is 23.7 Å². The third-order valence-corrected chi connectivity index (χ3v) is 7.80. The zero-order valence-electron chi connectivity index (χ0n) is 19.7. The van der Waals surface area contributed by atoms with E-state index in [4.69, 9.17) is 4.74 Å². The molecule has 1 aromatic rings. The molecule has 0 aromatic carbocycles. The SMILES string of the molecule is CC(C)c1nc(C(=O)N2CCOC3(CCN(CCCCCC(C)(C)C=O)CC3)C2)cs1. The molecule has 1 spiro atoms. The second kappa shape index (κ2) is 10.5. The van der Waals surface area contributed by atoms with Gasteiger partial charge >= 0.3 is 0 Å². The predicted octanol–water partition coefficient (Wildman–Crippen LogP) is 4.36. The van der Waals surface area contributed by atoms with Crippen molar-refractivity contribution in [1.82, 2.24) is 14.8 Å². The molecular formula is C24H39N3O3S. The van der Waals surface area contributed by atoms with Crippen molar-refractivity contribution in [2.75, 3.05) is 39.3 Å². The highest BCUT2D eigenvalue weighted by molar-refractivity contribution is 7.09. The molecule has 31 heavy (non-hydrogen) atoms. The molecule has 0 radical (unpaired) electrons. The molecule has 6 nitrogen and oxygen atoms in total. The van der Waals surface area contributed by atoms with Gasteiger partial charge in [0.2, 0.25) is 0 Å². The maximum atomic E-state index is 13.0. The molecule has 0 atom stereocenters. The first-order valence-electron chi connectivity index (χ1n) is 11.8. The van der Waals surface area contributed by atoms with E-state index in [1.165, 1.54) is 12.8 Å². The Morgan fingerprint density at radius 3 is 2.65 bits per heavy atom. The zero-order chi connectivity index (χ0) is 22.5. The molecule has 0 unspecified atom stereocenters. The van der Waals surface area contributed by atoms with Crippen molar-refractivity contribution in [3.05, 3.63) is 16.1 Å². The number of morpholine rings is 1. The quantitative estimate of drug-likeness (QED) is 0.414. The van der Waals surface area contributed by atoms with Gasteiger partial charge in [0.05, 0.1) is 23.8 Å². The fourth-order valence-corrected chi connectivity index (χ4v) is 5.28. The van der Waals surface area contributed by atoms with Gasteiger partial charge in [0.15, 0.2) is 0 Å². The van der Waals surface area contributed by atoms with Gasteiger partial charge in [-0.2, -0.15) is 0 Å². The number of likely N-dealkylation sites (tertiary alicyclic amines) is 1. The average Bonchev–Trinajstić information content (AvgIpc) is 3.25. The molecule has 2 saturated heterocycles. The highest BCUT2D eigenvalue weighted by Gasteiger charge is 2.41. The Morgan fingerprint density at radius 1 is 1.26 bits per heavy atom. The molecule has 2 aliphatic heterocycles. The molecule has 0 N–H and O–H groups in total. The van der Waals surface area contributed by atoms with Gasteiger partial charge in [-0.25, -0.2) is 4.98 Å². The summed E-state index contributed by atoms with van der Waals surface area (Å²) in [6, 6.07) is 0. The molecular weight excluding hydrogens is 410 g/mol. The number of aldehydes is 1. The number of ether oxygens (including phenoxy) is 1. The van der Waals surface area contributed by atoms with E-state index in [0.29, 0.717) is 31.3 Å². The number of nitrogens with zero attached hydrogens (tertiary/aromatic N) is 3. The summed E-state index contributed by atoms with van der Waals surface area (Å²) in [6.45, 7) is 13.3. The Labute approximate surface area is 191 Å². The lowest BCUT2D eigenvalue weighted by molar-refractivity contribution is -0.127. The van der Waals surface area contributed by atoms with Crippen LogP contribution in [0.2, 0.25) is 0 Å². The number of unbranched alkanes of at least 4 members (excludes halogenated alkanes) is 2. The van der Waals surface area contributed by atoms with E-state index in [1.54, 1.807) is 11.3 Å². The van der Waals surface area contributed by atoms with Gasteiger partial charge in [-0.05, 0) is 32.2 Å². The number of thiazole rings is 1. The monoisotopic (exact) mass is 449 g/mol. The summed E-state index contributed by atoms with van der Waals surface area (Å²) < 4.78 is 6.24. The molecule has 0 saturated carbocycles. The summed E-state index contributed by atoms with van der Waals surface area (Å²) in [4.78, 5) is 33.0. The van der Waals surface area contributed by atoms with E-state index in [-0.39, 0.29) is 16.9 Å². The predicted molar refractivity (Wildman–Crippen MR) is 125 cm³/mol. The summed E-state index contributed by atoms with van der Waals surface area (Å²) in [5, 5.41) is 2.92. The van der Waals surface area contributed by atoms with Crippen LogP contribution in [0.15, 0.2) is 5.38 Å². The number of aromatic nitrogens is 1. The number of amides is 1. The molecule has 7 heteroatoms. The van der Waals surface area contributed by atoms with Crippen molar-refractivity contribution in [3.8, 4) is 0 Å².